The Morgan fingerprint density at radius 1 is 1.32 bits per heavy atom. The fraction of sp³-hybridized carbons (Fsp3) is 0.500. The van der Waals surface area contributed by atoms with Crippen molar-refractivity contribution < 1.29 is 14.4 Å². The van der Waals surface area contributed by atoms with E-state index < -0.39 is 17.5 Å². The molecule has 2 fully saturated rings. The minimum absolute atomic E-state index is 0.297. The van der Waals surface area contributed by atoms with Gasteiger partial charge in [-0.15, -0.1) is 5.10 Å². The molecular formula is C20H25N7O3S. The third-order valence-electron chi connectivity index (χ3n) is 6.08. The highest BCUT2D eigenvalue weighted by atomic mass is 32.2. The summed E-state index contributed by atoms with van der Waals surface area (Å²) in [5.74, 6) is -0.150. The van der Waals surface area contributed by atoms with E-state index in [0.717, 1.165) is 24.2 Å². The van der Waals surface area contributed by atoms with Crippen LogP contribution in [0.4, 0.5) is 10.5 Å². The minimum atomic E-state index is -0.850. The van der Waals surface area contributed by atoms with Crippen LogP contribution in [0.15, 0.2) is 29.4 Å². The normalized spacial score (nSPS) is 23.3. The van der Waals surface area contributed by atoms with Gasteiger partial charge in [-0.25, -0.2) is 4.79 Å². The van der Waals surface area contributed by atoms with Crippen molar-refractivity contribution in [1.29, 1.82) is 0 Å². The minimum Gasteiger partial charge on any atom is -0.324 e. The van der Waals surface area contributed by atoms with Gasteiger partial charge in [-0.1, -0.05) is 31.2 Å². The van der Waals surface area contributed by atoms with Gasteiger partial charge in [0.25, 0.3) is 5.91 Å². The van der Waals surface area contributed by atoms with E-state index in [-0.39, 0.29) is 12.5 Å². The molecule has 2 aromatic rings. The van der Waals surface area contributed by atoms with Crippen LogP contribution in [0.5, 0.6) is 0 Å². The van der Waals surface area contributed by atoms with Crippen LogP contribution in [-0.4, -0.2) is 61.3 Å². The van der Waals surface area contributed by atoms with Gasteiger partial charge >= 0.3 is 6.03 Å². The molecule has 2 aliphatic rings. The standard InChI is InChI=1S/C20H25N7O3S/c1-3-13-7-9-20(10-8-13)17(29)26(18(30)22-20)12-16(28)21-14-5-4-6-15(11-14)27-19(31-2)23-24-25-27/h4-6,11,13H,3,7-10,12H2,1-2H3,(H,21,28)(H,22,30). The molecule has 0 atom stereocenters. The van der Waals surface area contributed by atoms with Crippen LogP contribution < -0.4 is 10.6 Å². The van der Waals surface area contributed by atoms with Gasteiger partial charge in [0.05, 0.1) is 5.69 Å². The van der Waals surface area contributed by atoms with E-state index in [9.17, 15) is 14.4 Å². The number of hydrogen-bond acceptors (Lipinski definition) is 7. The number of urea groups is 1. The number of amides is 4. The Kier molecular flexibility index (Phi) is 5.94. The maximum atomic E-state index is 13.0. The van der Waals surface area contributed by atoms with Crippen molar-refractivity contribution in [3.05, 3.63) is 24.3 Å². The number of tetrazole rings is 1. The van der Waals surface area contributed by atoms with Gasteiger partial charge in [-0.3, -0.25) is 14.5 Å². The number of nitrogens with one attached hydrogen (secondary N) is 2. The maximum absolute atomic E-state index is 13.0. The van der Waals surface area contributed by atoms with E-state index in [1.54, 1.807) is 22.9 Å². The Bertz CT molecular complexity index is 1000. The molecule has 1 saturated carbocycles. The van der Waals surface area contributed by atoms with Gasteiger partial charge in [-0.2, -0.15) is 4.68 Å². The van der Waals surface area contributed by atoms with Crippen molar-refractivity contribution in [1.82, 2.24) is 30.4 Å². The molecule has 2 heterocycles. The average molecular weight is 444 g/mol. The molecule has 1 aromatic carbocycles. The highest BCUT2D eigenvalue weighted by Gasteiger charge is 2.52. The first-order valence-corrected chi connectivity index (χ1v) is 11.5. The van der Waals surface area contributed by atoms with E-state index in [4.69, 9.17) is 0 Å². The summed E-state index contributed by atoms with van der Waals surface area (Å²) in [6, 6.07) is 6.55. The van der Waals surface area contributed by atoms with E-state index in [2.05, 4.69) is 33.1 Å². The Morgan fingerprint density at radius 2 is 2.10 bits per heavy atom. The Morgan fingerprint density at radius 3 is 2.81 bits per heavy atom. The lowest BCUT2D eigenvalue weighted by atomic mass is 9.75. The van der Waals surface area contributed by atoms with Crippen molar-refractivity contribution in [3.8, 4) is 5.69 Å². The molecule has 31 heavy (non-hydrogen) atoms. The Labute approximate surface area is 184 Å². The lowest BCUT2D eigenvalue weighted by Crippen LogP contribution is -2.49. The predicted octanol–water partition coefficient (Wildman–Crippen LogP) is 2.21. The first kappa shape index (κ1) is 21.3. The number of aromatic nitrogens is 4. The summed E-state index contributed by atoms with van der Waals surface area (Å²) in [6.07, 6.45) is 6.01. The quantitative estimate of drug-likeness (QED) is 0.518. The summed E-state index contributed by atoms with van der Waals surface area (Å²) in [4.78, 5) is 39.1. The van der Waals surface area contributed by atoms with Crippen molar-refractivity contribution in [2.24, 2.45) is 5.92 Å². The second kappa shape index (κ2) is 8.66. The fourth-order valence-corrected chi connectivity index (χ4v) is 4.70. The number of nitrogens with zero attached hydrogens (tertiary/aromatic N) is 5. The zero-order chi connectivity index (χ0) is 22.0. The molecule has 0 unspecified atom stereocenters. The molecule has 1 aromatic heterocycles. The van der Waals surface area contributed by atoms with Crippen molar-refractivity contribution in [2.45, 2.75) is 49.7 Å². The van der Waals surface area contributed by atoms with E-state index in [1.807, 2.05) is 12.3 Å². The van der Waals surface area contributed by atoms with Gasteiger partial charge < -0.3 is 10.6 Å². The first-order valence-electron chi connectivity index (χ1n) is 10.3. The van der Waals surface area contributed by atoms with E-state index in [1.165, 1.54) is 11.8 Å². The molecular weight excluding hydrogens is 418 g/mol. The van der Waals surface area contributed by atoms with Gasteiger partial charge in [0.2, 0.25) is 11.1 Å². The maximum Gasteiger partial charge on any atom is 0.325 e. The summed E-state index contributed by atoms with van der Waals surface area (Å²) in [5, 5.41) is 17.8. The first-order chi connectivity index (χ1) is 15.0. The fourth-order valence-electron chi connectivity index (χ4n) is 4.27. The van der Waals surface area contributed by atoms with Gasteiger partial charge in [0, 0.05) is 5.69 Å². The zero-order valence-electron chi connectivity index (χ0n) is 17.5. The third kappa shape index (κ3) is 4.14. The topological polar surface area (TPSA) is 122 Å². The van der Waals surface area contributed by atoms with Crippen molar-refractivity contribution in [2.75, 3.05) is 18.1 Å². The SMILES string of the molecule is CCC1CCC2(CC1)NC(=O)N(CC(=O)Nc1cccc(-n3nnnc3SC)c1)C2=O. The molecule has 2 N–H and O–H groups in total. The largest absolute Gasteiger partial charge is 0.325 e. The Balaban J connectivity index is 1.42. The third-order valence-corrected chi connectivity index (χ3v) is 6.70. The highest BCUT2D eigenvalue weighted by molar-refractivity contribution is 7.98. The smallest absolute Gasteiger partial charge is 0.324 e. The number of anilines is 1. The molecule has 4 rings (SSSR count). The summed E-state index contributed by atoms with van der Waals surface area (Å²) in [6.45, 7) is 1.82. The molecule has 0 radical (unpaired) electrons. The van der Waals surface area contributed by atoms with E-state index in [0.29, 0.717) is 35.3 Å². The number of imide groups is 1. The average Bonchev–Trinajstić information content (AvgIpc) is 3.34. The molecule has 1 aliphatic carbocycles. The number of carbonyl (C=O) groups is 3. The zero-order valence-corrected chi connectivity index (χ0v) is 18.3. The van der Waals surface area contributed by atoms with Gasteiger partial charge in [0.1, 0.15) is 12.1 Å². The van der Waals surface area contributed by atoms with Crippen LogP contribution in [0.2, 0.25) is 0 Å². The van der Waals surface area contributed by atoms with Crippen LogP contribution in [-0.2, 0) is 9.59 Å². The number of thioether (sulfide) groups is 1. The molecule has 10 nitrogen and oxygen atoms in total. The molecule has 1 spiro atoms. The predicted molar refractivity (Wildman–Crippen MR) is 115 cm³/mol. The highest BCUT2D eigenvalue weighted by Crippen LogP contribution is 2.37. The number of hydrogen-bond donors (Lipinski definition) is 2. The lowest BCUT2D eigenvalue weighted by molar-refractivity contribution is -0.135. The van der Waals surface area contributed by atoms with Gasteiger partial charge in [0.15, 0.2) is 0 Å². The summed E-state index contributed by atoms with van der Waals surface area (Å²) < 4.78 is 1.56. The number of benzene rings is 1. The summed E-state index contributed by atoms with van der Waals surface area (Å²) >= 11 is 1.40. The Hall–Kier alpha value is -2.95. The molecule has 1 aliphatic heterocycles. The van der Waals surface area contributed by atoms with Crippen molar-refractivity contribution >= 4 is 35.3 Å². The second-order valence-electron chi connectivity index (χ2n) is 7.93. The molecule has 11 heteroatoms. The lowest BCUT2D eigenvalue weighted by Gasteiger charge is -2.34. The monoisotopic (exact) mass is 443 g/mol. The molecule has 164 valence electrons. The van der Waals surface area contributed by atoms with Crippen LogP contribution in [0, 0.1) is 5.92 Å². The summed E-state index contributed by atoms with van der Waals surface area (Å²) in [7, 11) is 0. The second-order valence-corrected chi connectivity index (χ2v) is 8.70. The van der Waals surface area contributed by atoms with Crippen LogP contribution in [0.1, 0.15) is 39.0 Å². The summed E-state index contributed by atoms with van der Waals surface area (Å²) in [5.41, 5.74) is 0.362. The molecule has 1 saturated heterocycles. The van der Waals surface area contributed by atoms with E-state index >= 15 is 0 Å². The van der Waals surface area contributed by atoms with Gasteiger partial charge in [-0.05, 0) is 66.5 Å². The molecule has 0 bridgehead atoms. The number of carbonyl (C=O) groups excluding carboxylic acids is 3. The number of rotatable bonds is 6. The van der Waals surface area contributed by atoms with Crippen LogP contribution in [0.25, 0.3) is 5.69 Å². The van der Waals surface area contributed by atoms with Crippen LogP contribution in [0.3, 0.4) is 0 Å². The molecule has 4 amide bonds. The van der Waals surface area contributed by atoms with Crippen LogP contribution >= 0.6 is 11.8 Å². The van der Waals surface area contributed by atoms with Crippen molar-refractivity contribution in [3.63, 3.8) is 0 Å².